The van der Waals surface area contributed by atoms with Crippen molar-refractivity contribution in [3.8, 4) is 5.75 Å². The van der Waals surface area contributed by atoms with Crippen LogP contribution in [-0.4, -0.2) is 15.5 Å². The highest BCUT2D eigenvalue weighted by Gasteiger charge is 2.16. The number of aryl methyl sites for hydroxylation is 1. The maximum atomic E-state index is 13.1. The zero-order valence-electron chi connectivity index (χ0n) is 11.8. The molecule has 0 bridgehead atoms. The third-order valence-electron chi connectivity index (χ3n) is 3.02. The number of ether oxygens (including phenoxy) is 1. The second-order valence-electron chi connectivity index (χ2n) is 4.44. The summed E-state index contributed by atoms with van der Waals surface area (Å²) in [6.45, 7) is 1.91. The summed E-state index contributed by atoms with van der Waals surface area (Å²) < 4.78 is 45.3. The van der Waals surface area contributed by atoms with E-state index in [0.717, 1.165) is 11.6 Å². The molecular formula is C15H16FNO3S. The number of anilines is 1. The van der Waals surface area contributed by atoms with E-state index in [1.54, 1.807) is 12.1 Å². The van der Waals surface area contributed by atoms with Gasteiger partial charge in [0.1, 0.15) is 11.6 Å². The third-order valence-corrected chi connectivity index (χ3v) is 4.40. The molecule has 0 atom stereocenters. The van der Waals surface area contributed by atoms with Crippen molar-refractivity contribution in [3.05, 3.63) is 53.8 Å². The largest absolute Gasteiger partial charge is 0.496 e. The van der Waals surface area contributed by atoms with Crippen molar-refractivity contribution in [1.82, 2.24) is 0 Å². The zero-order valence-corrected chi connectivity index (χ0v) is 12.6. The first-order valence-corrected chi connectivity index (χ1v) is 7.90. The van der Waals surface area contributed by atoms with Crippen molar-refractivity contribution in [2.75, 3.05) is 11.8 Å². The molecule has 2 aromatic rings. The second-order valence-corrected chi connectivity index (χ2v) is 6.13. The summed E-state index contributed by atoms with van der Waals surface area (Å²) in [5, 5.41) is 0. The van der Waals surface area contributed by atoms with Gasteiger partial charge in [0, 0.05) is 0 Å². The molecule has 0 unspecified atom stereocenters. The summed E-state index contributed by atoms with van der Waals surface area (Å²) in [6.07, 6.45) is 0.645. The Bertz CT molecular complexity index is 744. The first-order chi connectivity index (χ1) is 9.96. The van der Waals surface area contributed by atoms with E-state index in [-0.39, 0.29) is 10.6 Å². The van der Waals surface area contributed by atoms with E-state index >= 15 is 0 Å². The number of benzene rings is 2. The van der Waals surface area contributed by atoms with Gasteiger partial charge in [-0.05, 0) is 48.4 Å². The Kier molecular flexibility index (Phi) is 4.47. The van der Waals surface area contributed by atoms with Crippen molar-refractivity contribution < 1.29 is 17.5 Å². The van der Waals surface area contributed by atoms with Gasteiger partial charge in [-0.2, -0.15) is 0 Å². The zero-order chi connectivity index (χ0) is 15.5. The topological polar surface area (TPSA) is 55.4 Å². The molecule has 0 fully saturated rings. The lowest BCUT2D eigenvalue weighted by Crippen LogP contribution is -2.13. The number of sulfonamides is 1. The molecule has 0 aliphatic rings. The quantitative estimate of drug-likeness (QED) is 0.923. The van der Waals surface area contributed by atoms with Crippen LogP contribution in [0.1, 0.15) is 12.5 Å². The van der Waals surface area contributed by atoms with Crippen LogP contribution in [0, 0.1) is 5.82 Å². The van der Waals surface area contributed by atoms with Crippen LogP contribution in [0.15, 0.2) is 47.4 Å². The lowest BCUT2D eigenvalue weighted by atomic mass is 10.1. The van der Waals surface area contributed by atoms with Crippen molar-refractivity contribution in [2.45, 2.75) is 18.2 Å². The fraction of sp³-hybridized carbons (Fsp3) is 0.200. The molecule has 2 aromatic carbocycles. The van der Waals surface area contributed by atoms with Gasteiger partial charge < -0.3 is 4.74 Å². The highest BCUT2D eigenvalue weighted by Crippen LogP contribution is 2.24. The molecule has 0 aliphatic carbocycles. The molecule has 2 rings (SSSR count). The van der Waals surface area contributed by atoms with Gasteiger partial charge in [0.15, 0.2) is 0 Å². The molecular weight excluding hydrogens is 293 g/mol. The number of hydrogen-bond acceptors (Lipinski definition) is 3. The van der Waals surface area contributed by atoms with E-state index in [2.05, 4.69) is 4.72 Å². The summed E-state index contributed by atoms with van der Waals surface area (Å²) in [4.78, 5) is 0.115. The molecule has 0 saturated heterocycles. The molecule has 112 valence electrons. The highest BCUT2D eigenvalue weighted by molar-refractivity contribution is 7.92. The molecule has 4 nitrogen and oxygen atoms in total. The third kappa shape index (κ3) is 3.52. The number of hydrogen-bond donors (Lipinski definition) is 1. The molecule has 0 heterocycles. The van der Waals surface area contributed by atoms with Crippen LogP contribution in [0.4, 0.5) is 10.1 Å². The van der Waals surface area contributed by atoms with Gasteiger partial charge in [-0.3, -0.25) is 4.72 Å². The van der Waals surface area contributed by atoms with E-state index < -0.39 is 15.8 Å². The van der Waals surface area contributed by atoms with Crippen molar-refractivity contribution in [1.29, 1.82) is 0 Å². The molecule has 0 saturated carbocycles. The molecule has 1 N–H and O–H groups in total. The predicted molar refractivity (Wildman–Crippen MR) is 79.6 cm³/mol. The van der Waals surface area contributed by atoms with Gasteiger partial charge in [-0.25, -0.2) is 12.8 Å². The molecule has 21 heavy (non-hydrogen) atoms. The molecule has 0 amide bonds. The molecule has 0 aliphatic heterocycles. The van der Waals surface area contributed by atoms with E-state index in [1.807, 2.05) is 6.92 Å². The first-order valence-electron chi connectivity index (χ1n) is 6.41. The molecule has 0 aromatic heterocycles. The van der Waals surface area contributed by atoms with Crippen LogP contribution in [0.2, 0.25) is 0 Å². The monoisotopic (exact) mass is 309 g/mol. The first kappa shape index (κ1) is 15.3. The van der Waals surface area contributed by atoms with Gasteiger partial charge >= 0.3 is 0 Å². The van der Waals surface area contributed by atoms with Crippen molar-refractivity contribution >= 4 is 15.7 Å². The maximum absolute atomic E-state index is 13.1. The van der Waals surface area contributed by atoms with Crippen molar-refractivity contribution in [3.63, 3.8) is 0 Å². The van der Waals surface area contributed by atoms with Crippen molar-refractivity contribution in [2.24, 2.45) is 0 Å². The maximum Gasteiger partial charge on any atom is 0.261 e. The fourth-order valence-corrected chi connectivity index (χ4v) is 3.06. The Labute approximate surface area is 123 Å². The normalized spacial score (nSPS) is 11.2. The Morgan fingerprint density at radius 3 is 2.57 bits per heavy atom. The fourth-order valence-electron chi connectivity index (χ4n) is 1.96. The minimum atomic E-state index is -3.76. The van der Waals surface area contributed by atoms with Gasteiger partial charge in [-0.15, -0.1) is 0 Å². The Hall–Kier alpha value is -2.08. The van der Waals surface area contributed by atoms with Crippen LogP contribution >= 0.6 is 0 Å². The highest BCUT2D eigenvalue weighted by atomic mass is 32.2. The molecule has 0 radical (unpaired) electrons. The average Bonchev–Trinajstić information content (AvgIpc) is 2.46. The van der Waals surface area contributed by atoms with Gasteiger partial charge in [0.2, 0.25) is 0 Å². The summed E-state index contributed by atoms with van der Waals surface area (Å²) in [5.41, 5.74) is 0.975. The lowest BCUT2D eigenvalue weighted by molar-refractivity contribution is 0.409. The average molecular weight is 309 g/mol. The Balaban J connectivity index is 2.35. The lowest BCUT2D eigenvalue weighted by Gasteiger charge is -2.11. The van der Waals surface area contributed by atoms with Crippen LogP contribution < -0.4 is 9.46 Å². The predicted octanol–water partition coefficient (Wildman–Crippen LogP) is 3.20. The van der Waals surface area contributed by atoms with Gasteiger partial charge in [-0.1, -0.05) is 13.0 Å². The number of rotatable bonds is 5. The summed E-state index contributed by atoms with van der Waals surface area (Å²) in [5.74, 6) is 0.140. The van der Waals surface area contributed by atoms with Crippen LogP contribution in [0.5, 0.6) is 5.75 Å². The van der Waals surface area contributed by atoms with E-state index in [9.17, 15) is 12.8 Å². The molecule has 0 spiro atoms. The van der Waals surface area contributed by atoms with Gasteiger partial charge in [0.05, 0.1) is 17.7 Å². The van der Waals surface area contributed by atoms with E-state index in [0.29, 0.717) is 12.2 Å². The number of halogens is 1. The van der Waals surface area contributed by atoms with E-state index in [1.165, 1.54) is 31.4 Å². The minimum absolute atomic E-state index is 0.115. The SMILES string of the molecule is CCc1cc(S(=O)(=O)Nc2cccc(F)c2)ccc1OC. The smallest absolute Gasteiger partial charge is 0.261 e. The Morgan fingerprint density at radius 1 is 1.19 bits per heavy atom. The second kappa shape index (κ2) is 6.13. The van der Waals surface area contributed by atoms with Gasteiger partial charge in [0.25, 0.3) is 10.0 Å². The summed E-state index contributed by atoms with van der Waals surface area (Å²) in [6, 6.07) is 9.94. The number of methoxy groups -OCH3 is 1. The van der Waals surface area contributed by atoms with Crippen LogP contribution in [0.3, 0.4) is 0 Å². The van der Waals surface area contributed by atoms with Crippen LogP contribution in [0.25, 0.3) is 0 Å². The van der Waals surface area contributed by atoms with Crippen LogP contribution in [-0.2, 0) is 16.4 Å². The molecule has 6 heteroatoms. The Morgan fingerprint density at radius 2 is 1.95 bits per heavy atom. The minimum Gasteiger partial charge on any atom is -0.496 e. The standard InChI is InChI=1S/C15H16FNO3S/c1-3-11-9-14(7-8-15(11)20-2)21(18,19)17-13-6-4-5-12(16)10-13/h4-10,17H,3H2,1-2H3. The number of nitrogens with one attached hydrogen (secondary N) is 1. The summed E-state index contributed by atoms with van der Waals surface area (Å²) >= 11 is 0. The van der Waals surface area contributed by atoms with E-state index in [4.69, 9.17) is 4.74 Å². The summed E-state index contributed by atoms with van der Waals surface area (Å²) in [7, 11) is -2.22.